The molecule has 3 heterocycles. The molecular formula is C18H21F3N4O3S. The summed E-state index contributed by atoms with van der Waals surface area (Å²) in [4.78, 5) is 25.5. The zero-order chi connectivity index (χ0) is 21.9. The normalized spacial score (nSPS) is 17.7. The van der Waals surface area contributed by atoms with Gasteiger partial charge in [-0.05, 0) is 33.3 Å². The Morgan fingerprint density at radius 1 is 1.31 bits per heavy atom. The molecule has 1 aliphatic rings. The third-order valence-electron chi connectivity index (χ3n) is 4.61. The zero-order valence-corrected chi connectivity index (χ0v) is 17.3. The molecule has 0 saturated heterocycles. The number of nitrogens with one attached hydrogen (secondary N) is 1. The molecule has 7 nitrogen and oxygen atoms in total. The number of nitrogens with two attached hydrogens (primary N) is 1. The van der Waals surface area contributed by atoms with Crippen molar-refractivity contribution in [2.75, 3.05) is 5.32 Å². The number of ether oxygens (including phenoxy) is 1. The maximum Gasteiger partial charge on any atom is 0.433 e. The SMILES string of the molecule is Cn1ncc(C(=O)Nc2sc3c(c2C(N)=O)CC(C)(C)OC3(C)C)c1C(F)(F)F. The van der Waals surface area contributed by atoms with E-state index in [1.807, 2.05) is 27.7 Å². The third kappa shape index (κ3) is 3.76. The maximum atomic E-state index is 13.3. The highest BCUT2D eigenvalue weighted by Crippen LogP contribution is 2.48. The van der Waals surface area contributed by atoms with Gasteiger partial charge in [-0.15, -0.1) is 11.3 Å². The Morgan fingerprint density at radius 3 is 2.48 bits per heavy atom. The van der Waals surface area contributed by atoms with Gasteiger partial charge in [-0.3, -0.25) is 14.3 Å². The Bertz CT molecular complexity index is 1000. The number of hydrogen-bond donors (Lipinski definition) is 2. The quantitative estimate of drug-likeness (QED) is 0.779. The molecule has 29 heavy (non-hydrogen) atoms. The molecule has 3 N–H and O–H groups in total. The Labute approximate surface area is 169 Å². The molecule has 2 aromatic heterocycles. The van der Waals surface area contributed by atoms with E-state index in [4.69, 9.17) is 10.5 Å². The van der Waals surface area contributed by atoms with Crippen LogP contribution in [0.15, 0.2) is 6.20 Å². The van der Waals surface area contributed by atoms with E-state index in [9.17, 15) is 22.8 Å². The molecule has 2 amide bonds. The predicted molar refractivity (Wildman–Crippen MR) is 101 cm³/mol. The van der Waals surface area contributed by atoms with Gasteiger partial charge in [-0.1, -0.05) is 0 Å². The van der Waals surface area contributed by atoms with Gasteiger partial charge >= 0.3 is 6.18 Å². The van der Waals surface area contributed by atoms with Crippen molar-refractivity contribution in [3.63, 3.8) is 0 Å². The van der Waals surface area contributed by atoms with Gasteiger partial charge in [0.2, 0.25) is 0 Å². The Kier molecular flexibility index (Phi) is 4.82. The Hall–Kier alpha value is -2.40. The minimum absolute atomic E-state index is 0.0962. The van der Waals surface area contributed by atoms with Gasteiger partial charge in [0.05, 0.1) is 28.5 Å². The van der Waals surface area contributed by atoms with E-state index in [-0.39, 0.29) is 10.6 Å². The standard InChI is InChI=1S/C18H21F3N4O3S/c1-16(2)6-8-10(13(22)26)15(29-12(8)17(3,4)28-16)24-14(27)9-7-23-25(5)11(9)18(19,20)21/h7H,6H2,1-5H3,(H2,22,26)(H,24,27). The summed E-state index contributed by atoms with van der Waals surface area (Å²) in [5, 5.41) is 6.06. The topological polar surface area (TPSA) is 99.2 Å². The predicted octanol–water partition coefficient (Wildman–Crippen LogP) is 3.44. The number of fused-ring (bicyclic) bond motifs is 1. The number of thiophene rings is 1. The second-order valence-electron chi connectivity index (χ2n) is 8.01. The monoisotopic (exact) mass is 430 g/mol. The number of rotatable bonds is 3. The molecule has 0 saturated carbocycles. The van der Waals surface area contributed by atoms with E-state index >= 15 is 0 Å². The van der Waals surface area contributed by atoms with Crippen LogP contribution in [0.1, 0.15) is 64.5 Å². The fourth-order valence-corrected chi connectivity index (χ4v) is 5.04. The number of anilines is 1. The minimum atomic E-state index is -4.76. The molecule has 0 bridgehead atoms. The number of aromatic nitrogens is 2. The zero-order valence-electron chi connectivity index (χ0n) is 16.5. The molecule has 0 aliphatic carbocycles. The number of aryl methyl sites for hydroxylation is 1. The number of primary amides is 1. The van der Waals surface area contributed by atoms with Crippen molar-refractivity contribution in [2.45, 2.75) is 51.5 Å². The van der Waals surface area contributed by atoms with Crippen LogP contribution >= 0.6 is 11.3 Å². The summed E-state index contributed by atoms with van der Waals surface area (Å²) >= 11 is 1.07. The van der Waals surface area contributed by atoms with Crippen molar-refractivity contribution in [1.29, 1.82) is 0 Å². The fourth-order valence-electron chi connectivity index (χ4n) is 3.78. The van der Waals surface area contributed by atoms with Crippen molar-refractivity contribution in [3.8, 4) is 0 Å². The summed E-state index contributed by atoms with van der Waals surface area (Å²) in [6.45, 7) is 7.37. The molecule has 3 rings (SSSR count). The first-order valence-corrected chi connectivity index (χ1v) is 9.52. The molecule has 158 valence electrons. The van der Waals surface area contributed by atoms with Crippen LogP contribution in [0.2, 0.25) is 0 Å². The first-order chi connectivity index (χ1) is 13.1. The Morgan fingerprint density at radius 2 is 1.93 bits per heavy atom. The van der Waals surface area contributed by atoms with E-state index in [0.717, 1.165) is 24.6 Å². The smallest absolute Gasteiger partial charge is 0.365 e. The number of halogens is 3. The molecule has 0 unspecified atom stereocenters. The number of hydrogen-bond acceptors (Lipinski definition) is 5. The molecule has 0 atom stereocenters. The average molecular weight is 430 g/mol. The van der Waals surface area contributed by atoms with Crippen LogP contribution < -0.4 is 11.1 Å². The number of carbonyl (C=O) groups excluding carboxylic acids is 2. The third-order valence-corrected chi connectivity index (χ3v) is 6.07. The van der Waals surface area contributed by atoms with E-state index < -0.39 is 40.5 Å². The number of carbonyl (C=O) groups is 2. The van der Waals surface area contributed by atoms with Gasteiger partial charge < -0.3 is 15.8 Å². The van der Waals surface area contributed by atoms with E-state index in [0.29, 0.717) is 21.5 Å². The summed E-state index contributed by atoms with van der Waals surface area (Å²) in [6.07, 6.45) is -3.55. The lowest BCUT2D eigenvalue weighted by molar-refractivity contribution is -0.144. The van der Waals surface area contributed by atoms with Crippen LogP contribution in [0.25, 0.3) is 0 Å². The molecule has 0 spiro atoms. The highest BCUT2D eigenvalue weighted by molar-refractivity contribution is 7.17. The van der Waals surface area contributed by atoms with E-state index in [2.05, 4.69) is 10.4 Å². The van der Waals surface area contributed by atoms with Gasteiger partial charge in [-0.25, -0.2) is 0 Å². The van der Waals surface area contributed by atoms with E-state index in [1.165, 1.54) is 0 Å². The average Bonchev–Trinajstić information content (AvgIpc) is 3.06. The summed E-state index contributed by atoms with van der Waals surface area (Å²) in [5.41, 5.74) is 3.12. The number of alkyl halides is 3. The lowest BCUT2D eigenvalue weighted by Crippen LogP contribution is -2.42. The number of nitrogens with zero attached hydrogens (tertiary/aromatic N) is 2. The molecule has 1 aliphatic heterocycles. The summed E-state index contributed by atoms with van der Waals surface area (Å²) in [5.74, 6) is -1.79. The second-order valence-corrected chi connectivity index (χ2v) is 9.03. The minimum Gasteiger partial charge on any atom is -0.365 e. The van der Waals surface area contributed by atoms with Crippen molar-refractivity contribution >= 4 is 28.2 Å². The van der Waals surface area contributed by atoms with Gasteiger partial charge in [0.15, 0.2) is 5.69 Å². The van der Waals surface area contributed by atoms with Crippen LogP contribution in [-0.4, -0.2) is 27.2 Å². The molecular weight excluding hydrogens is 409 g/mol. The van der Waals surface area contributed by atoms with Crippen molar-refractivity contribution in [3.05, 3.63) is 33.5 Å². The lowest BCUT2D eigenvalue weighted by Gasteiger charge is -2.41. The second kappa shape index (κ2) is 6.56. The largest absolute Gasteiger partial charge is 0.433 e. The van der Waals surface area contributed by atoms with Crippen molar-refractivity contribution < 1.29 is 27.5 Å². The summed E-state index contributed by atoms with van der Waals surface area (Å²) < 4.78 is 46.5. The molecule has 2 aromatic rings. The highest BCUT2D eigenvalue weighted by atomic mass is 32.1. The van der Waals surface area contributed by atoms with Crippen molar-refractivity contribution in [2.24, 2.45) is 12.8 Å². The highest BCUT2D eigenvalue weighted by Gasteiger charge is 2.43. The molecule has 0 fully saturated rings. The van der Waals surface area contributed by atoms with Crippen LogP contribution in [0.3, 0.4) is 0 Å². The van der Waals surface area contributed by atoms with Gasteiger partial charge in [0, 0.05) is 18.3 Å². The molecule has 0 aromatic carbocycles. The molecule has 0 radical (unpaired) electrons. The maximum absolute atomic E-state index is 13.3. The summed E-state index contributed by atoms with van der Waals surface area (Å²) in [6, 6.07) is 0. The summed E-state index contributed by atoms with van der Waals surface area (Å²) in [7, 11) is 1.10. The fraction of sp³-hybridized carbons (Fsp3) is 0.500. The van der Waals surface area contributed by atoms with Crippen LogP contribution in [0.5, 0.6) is 0 Å². The molecule has 11 heteroatoms. The van der Waals surface area contributed by atoms with E-state index in [1.54, 1.807) is 0 Å². The number of amides is 2. The van der Waals surface area contributed by atoms with Gasteiger partial charge in [-0.2, -0.15) is 18.3 Å². The van der Waals surface area contributed by atoms with Crippen LogP contribution in [-0.2, 0) is 30.0 Å². The Balaban J connectivity index is 2.07. The van der Waals surface area contributed by atoms with Gasteiger partial charge in [0.1, 0.15) is 5.00 Å². The first-order valence-electron chi connectivity index (χ1n) is 8.71. The van der Waals surface area contributed by atoms with Crippen molar-refractivity contribution in [1.82, 2.24) is 9.78 Å². The lowest BCUT2D eigenvalue weighted by atomic mass is 9.86. The van der Waals surface area contributed by atoms with Crippen LogP contribution in [0.4, 0.5) is 18.2 Å². The first kappa shape index (κ1) is 21.3. The van der Waals surface area contributed by atoms with Gasteiger partial charge in [0.25, 0.3) is 11.8 Å². The van der Waals surface area contributed by atoms with Crippen LogP contribution in [0, 0.1) is 0 Å².